The van der Waals surface area contributed by atoms with Crippen LogP contribution in [0.2, 0.25) is 19.1 Å². The molecule has 0 aliphatic carbocycles. The molecule has 1 heterocycles. The molecule has 1 rings (SSSR count). The average molecular weight is 200 g/mol. The molecule has 0 atom stereocenters. The highest BCUT2D eigenvalue weighted by atomic mass is 32.1. The van der Waals surface area contributed by atoms with Gasteiger partial charge in [0.15, 0.2) is 8.32 Å². The van der Waals surface area contributed by atoms with Gasteiger partial charge in [0.1, 0.15) is 0 Å². The third kappa shape index (κ3) is 3.09. The average Bonchev–Trinajstić information content (AvgIpc) is 2.53. The van der Waals surface area contributed by atoms with E-state index in [1.165, 1.54) is 10.9 Å². The summed E-state index contributed by atoms with van der Waals surface area (Å²) in [6, 6.07) is 5.40. The molecule has 68 valence electrons. The Labute approximate surface area is 79.5 Å². The summed E-state index contributed by atoms with van der Waals surface area (Å²) < 4.78 is 5.87. The Kier molecular flexibility index (Phi) is 3.49. The maximum atomic E-state index is 5.87. The molecule has 0 unspecified atom stereocenters. The van der Waals surface area contributed by atoms with E-state index < -0.39 is 8.32 Å². The molecule has 0 aliphatic rings. The first kappa shape index (κ1) is 9.96. The van der Waals surface area contributed by atoms with Gasteiger partial charge in [0, 0.05) is 4.88 Å². The fraction of sp³-hybridized carbons (Fsp3) is 0.556. The predicted octanol–water partition coefficient (Wildman–Crippen LogP) is 3.49. The van der Waals surface area contributed by atoms with Gasteiger partial charge >= 0.3 is 0 Å². The smallest absolute Gasteiger partial charge is 0.187 e. The number of hydrogen-bond donors (Lipinski definition) is 0. The summed E-state index contributed by atoms with van der Waals surface area (Å²) in [5.74, 6) is 0. The van der Waals surface area contributed by atoms with Crippen LogP contribution in [0.4, 0.5) is 0 Å². The van der Waals surface area contributed by atoms with E-state index in [-0.39, 0.29) is 0 Å². The van der Waals surface area contributed by atoms with Crippen molar-refractivity contribution in [2.45, 2.75) is 32.7 Å². The van der Waals surface area contributed by atoms with Gasteiger partial charge in [0.05, 0.1) is 6.61 Å². The van der Waals surface area contributed by atoms with Crippen LogP contribution in [-0.4, -0.2) is 8.32 Å². The zero-order valence-electron chi connectivity index (χ0n) is 7.96. The van der Waals surface area contributed by atoms with Crippen LogP contribution in [0.3, 0.4) is 0 Å². The second kappa shape index (κ2) is 4.21. The van der Waals surface area contributed by atoms with Crippen LogP contribution in [0, 0.1) is 0 Å². The van der Waals surface area contributed by atoms with Gasteiger partial charge < -0.3 is 4.43 Å². The molecule has 3 heteroatoms. The quantitative estimate of drug-likeness (QED) is 0.676. The van der Waals surface area contributed by atoms with Crippen molar-refractivity contribution >= 4 is 19.7 Å². The van der Waals surface area contributed by atoms with E-state index in [1.54, 1.807) is 11.3 Å². The lowest BCUT2D eigenvalue weighted by atomic mass is 10.5. The highest BCUT2D eigenvalue weighted by Gasteiger charge is 2.19. The molecule has 0 saturated carbocycles. The molecule has 0 N–H and O–H groups in total. The molecule has 0 saturated heterocycles. The van der Waals surface area contributed by atoms with Gasteiger partial charge in [-0.3, -0.25) is 0 Å². The lowest BCUT2D eigenvalue weighted by molar-refractivity contribution is 0.299. The molecular weight excluding hydrogens is 184 g/mol. The highest BCUT2D eigenvalue weighted by molar-refractivity contribution is 7.09. The van der Waals surface area contributed by atoms with Gasteiger partial charge in [0.25, 0.3) is 0 Å². The van der Waals surface area contributed by atoms with Crippen LogP contribution < -0.4 is 0 Å². The first-order valence-corrected chi connectivity index (χ1v) is 8.30. The minimum atomic E-state index is -1.33. The van der Waals surface area contributed by atoms with Crippen molar-refractivity contribution < 1.29 is 4.43 Å². The summed E-state index contributed by atoms with van der Waals surface area (Å²) in [5, 5.41) is 2.10. The van der Waals surface area contributed by atoms with Gasteiger partial charge in [-0.05, 0) is 30.6 Å². The topological polar surface area (TPSA) is 9.23 Å². The fourth-order valence-corrected chi connectivity index (χ4v) is 2.23. The standard InChI is InChI=1S/C9H16OSSi/c1-4-12(2,3)10-8-9-6-5-7-11-9/h5-7H,4,8H2,1-3H3. The molecule has 1 aromatic rings. The van der Waals surface area contributed by atoms with Crippen molar-refractivity contribution in [1.29, 1.82) is 0 Å². The van der Waals surface area contributed by atoms with Crippen molar-refractivity contribution in [2.24, 2.45) is 0 Å². The summed E-state index contributed by atoms with van der Waals surface area (Å²) in [6.07, 6.45) is 0. The van der Waals surface area contributed by atoms with Crippen LogP contribution in [0.5, 0.6) is 0 Å². The Morgan fingerprint density at radius 3 is 2.75 bits per heavy atom. The summed E-state index contributed by atoms with van der Waals surface area (Å²) >= 11 is 1.77. The van der Waals surface area contributed by atoms with E-state index in [4.69, 9.17) is 4.43 Å². The van der Waals surface area contributed by atoms with E-state index in [1.807, 2.05) is 0 Å². The van der Waals surface area contributed by atoms with E-state index in [9.17, 15) is 0 Å². The molecule has 12 heavy (non-hydrogen) atoms. The summed E-state index contributed by atoms with van der Waals surface area (Å²) in [6.45, 7) is 7.55. The second-order valence-corrected chi connectivity index (χ2v) is 9.03. The molecule has 0 aliphatic heterocycles. The highest BCUT2D eigenvalue weighted by Crippen LogP contribution is 2.16. The van der Waals surface area contributed by atoms with E-state index >= 15 is 0 Å². The Balaban J connectivity index is 2.36. The van der Waals surface area contributed by atoms with Crippen LogP contribution in [-0.2, 0) is 11.0 Å². The lowest BCUT2D eigenvalue weighted by Gasteiger charge is -2.20. The Morgan fingerprint density at radius 2 is 2.25 bits per heavy atom. The predicted molar refractivity (Wildman–Crippen MR) is 57.1 cm³/mol. The molecule has 0 amide bonds. The zero-order chi connectivity index (χ0) is 9.03. The van der Waals surface area contributed by atoms with Crippen molar-refractivity contribution in [2.75, 3.05) is 0 Å². The van der Waals surface area contributed by atoms with Crippen molar-refractivity contribution in [3.63, 3.8) is 0 Å². The van der Waals surface area contributed by atoms with Crippen LogP contribution in [0.1, 0.15) is 11.8 Å². The fourth-order valence-electron chi connectivity index (χ4n) is 0.763. The van der Waals surface area contributed by atoms with E-state index in [0.29, 0.717) is 0 Å². The minimum Gasteiger partial charge on any atom is -0.412 e. The monoisotopic (exact) mass is 200 g/mol. The van der Waals surface area contributed by atoms with Gasteiger partial charge in [-0.25, -0.2) is 0 Å². The SMILES string of the molecule is CC[Si](C)(C)OCc1cccs1. The molecule has 1 nitrogen and oxygen atoms in total. The van der Waals surface area contributed by atoms with Crippen molar-refractivity contribution in [1.82, 2.24) is 0 Å². The maximum Gasteiger partial charge on any atom is 0.187 e. The van der Waals surface area contributed by atoms with Crippen LogP contribution in [0.15, 0.2) is 17.5 Å². The van der Waals surface area contributed by atoms with Crippen LogP contribution in [0.25, 0.3) is 0 Å². The molecular formula is C9H16OSSi. The zero-order valence-corrected chi connectivity index (χ0v) is 9.78. The Hall–Kier alpha value is -0.123. The first-order valence-electron chi connectivity index (χ1n) is 4.30. The molecule has 0 radical (unpaired) electrons. The molecule has 0 spiro atoms. The van der Waals surface area contributed by atoms with Crippen LogP contribution >= 0.6 is 11.3 Å². The minimum absolute atomic E-state index is 0.810. The molecule has 1 aromatic heterocycles. The Morgan fingerprint density at radius 1 is 1.50 bits per heavy atom. The van der Waals surface area contributed by atoms with Gasteiger partial charge in [-0.15, -0.1) is 11.3 Å². The number of thiophene rings is 1. The molecule has 0 fully saturated rings. The normalized spacial score (nSPS) is 11.9. The second-order valence-electron chi connectivity index (χ2n) is 3.48. The largest absolute Gasteiger partial charge is 0.412 e. The van der Waals surface area contributed by atoms with Crippen molar-refractivity contribution in [3.8, 4) is 0 Å². The third-order valence-corrected chi connectivity index (χ3v) is 5.52. The summed E-state index contributed by atoms with van der Waals surface area (Å²) in [5.41, 5.74) is 0. The number of hydrogen-bond acceptors (Lipinski definition) is 2. The Bertz CT molecular complexity index is 218. The van der Waals surface area contributed by atoms with Gasteiger partial charge in [0.2, 0.25) is 0 Å². The molecule has 0 bridgehead atoms. The van der Waals surface area contributed by atoms with E-state index in [2.05, 4.69) is 37.5 Å². The maximum absolute atomic E-state index is 5.87. The summed E-state index contributed by atoms with van der Waals surface area (Å²) in [4.78, 5) is 1.34. The summed E-state index contributed by atoms with van der Waals surface area (Å²) in [7, 11) is -1.33. The first-order chi connectivity index (χ1) is 5.64. The third-order valence-electron chi connectivity index (χ3n) is 2.04. The van der Waals surface area contributed by atoms with Gasteiger partial charge in [-0.2, -0.15) is 0 Å². The lowest BCUT2D eigenvalue weighted by Crippen LogP contribution is -2.28. The number of rotatable bonds is 4. The van der Waals surface area contributed by atoms with E-state index in [0.717, 1.165) is 6.61 Å². The van der Waals surface area contributed by atoms with Gasteiger partial charge in [-0.1, -0.05) is 13.0 Å². The van der Waals surface area contributed by atoms with Crippen molar-refractivity contribution in [3.05, 3.63) is 22.4 Å². The molecule has 0 aromatic carbocycles.